The van der Waals surface area contributed by atoms with Crippen molar-refractivity contribution in [2.75, 3.05) is 7.11 Å². The fourth-order valence-corrected chi connectivity index (χ4v) is 3.28. The minimum atomic E-state index is -0.332. The molecule has 112 valence electrons. The number of para-hydroxylation sites is 1. The second-order valence-corrected chi connectivity index (χ2v) is 5.51. The summed E-state index contributed by atoms with van der Waals surface area (Å²) in [5.41, 5.74) is 2.77. The van der Waals surface area contributed by atoms with Crippen LogP contribution in [0.5, 0.6) is 10.8 Å². The zero-order chi connectivity index (χ0) is 15.5. The van der Waals surface area contributed by atoms with Crippen molar-refractivity contribution in [3.63, 3.8) is 0 Å². The van der Waals surface area contributed by atoms with Crippen molar-refractivity contribution in [2.24, 2.45) is 0 Å². The fourth-order valence-electron chi connectivity index (χ4n) is 2.32. The van der Waals surface area contributed by atoms with Gasteiger partial charge in [-0.15, -0.1) is 11.3 Å². The molecular weight excluding hydrogens is 298 g/mol. The van der Waals surface area contributed by atoms with E-state index in [0.717, 1.165) is 22.6 Å². The number of benzene rings is 1. The maximum absolute atomic E-state index is 11.4. The number of nitrogens with zero attached hydrogens (tertiary/aromatic N) is 1. The summed E-state index contributed by atoms with van der Waals surface area (Å²) < 4.78 is 12.8. The van der Waals surface area contributed by atoms with E-state index in [1.54, 1.807) is 7.11 Å². The van der Waals surface area contributed by atoms with Gasteiger partial charge in [0.2, 0.25) is 5.06 Å². The Labute approximate surface area is 132 Å². The molecule has 0 N–H and O–H groups in total. The first-order chi connectivity index (χ1) is 10.7. The SMILES string of the molecule is COc1ccccc1-c1csc(OC(C)=O)c1-n1cccc1. The average Bonchev–Trinajstić information content (AvgIpc) is 3.15. The van der Waals surface area contributed by atoms with Crippen LogP contribution in [-0.2, 0) is 4.79 Å². The topological polar surface area (TPSA) is 40.5 Å². The monoisotopic (exact) mass is 313 g/mol. The van der Waals surface area contributed by atoms with Crippen LogP contribution in [0.1, 0.15) is 6.92 Å². The lowest BCUT2D eigenvalue weighted by Crippen LogP contribution is -2.03. The summed E-state index contributed by atoms with van der Waals surface area (Å²) in [4.78, 5) is 11.4. The molecule has 0 amide bonds. The smallest absolute Gasteiger partial charge is 0.308 e. The van der Waals surface area contributed by atoms with Gasteiger partial charge in [-0.1, -0.05) is 18.2 Å². The molecule has 0 radical (unpaired) electrons. The molecule has 0 spiro atoms. The van der Waals surface area contributed by atoms with Crippen LogP contribution < -0.4 is 9.47 Å². The number of esters is 1. The minimum absolute atomic E-state index is 0.332. The van der Waals surface area contributed by atoms with Gasteiger partial charge in [-0.2, -0.15) is 0 Å². The van der Waals surface area contributed by atoms with E-state index in [9.17, 15) is 4.79 Å². The molecule has 3 rings (SSSR count). The number of rotatable bonds is 4. The molecule has 3 aromatic rings. The van der Waals surface area contributed by atoms with Crippen LogP contribution in [-0.4, -0.2) is 17.6 Å². The molecule has 0 atom stereocenters. The van der Waals surface area contributed by atoms with Crippen LogP contribution in [0.4, 0.5) is 0 Å². The number of carbonyl (C=O) groups excluding carboxylic acids is 1. The first-order valence-corrected chi connectivity index (χ1v) is 7.65. The number of aromatic nitrogens is 1. The Morgan fingerprint density at radius 1 is 1.09 bits per heavy atom. The van der Waals surface area contributed by atoms with Gasteiger partial charge in [-0.25, -0.2) is 0 Å². The molecule has 0 saturated heterocycles. The molecule has 0 unspecified atom stereocenters. The number of hydrogen-bond acceptors (Lipinski definition) is 4. The first-order valence-electron chi connectivity index (χ1n) is 6.77. The van der Waals surface area contributed by atoms with Crippen LogP contribution in [0.3, 0.4) is 0 Å². The summed E-state index contributed by atoms with van der Waals surface area (Å²) >= 11 is 1.40. The van der Waals surface area contributed by atoms with Gasteiger partial charge in [0, 0.05) is 35.8 Å². The third-order valence-electron chi connectivity index (χ3n) is 3.23. The predicted molar refractivity (Wildman–Crippen MR) is 86.9 cm³/mol. The van der Waals surface area contributed by atoms with Gasteiger partial charge in [0.25, 0.3) is 0 Å². The highest BCUT2D eigenvalue weighted by Crippen LogP contribution is 2.43. The van der Waals surface area contributed by atoms with E-state index in [0.29, 0.717) is 5.06 Å². The Balaban J connectivity index is 2.20. The summed E-state index contributed by atoms with van der Waals surface area (Å²) in [5.74, 6) is 0.449. The summed E-state index contributed by atoms with van der Waals surface area (Å²) in [6.45, 7) is 1.40. The molecule has 5 heteroatoms. The zero-order valence-electron chi connectivity index (χ0n) is 12.3. The number of thiophene rings is 1. The largest absolute Gasteiger partial charge is 0.496 e. The molecular formula is C17H15NO3S. The number of methoxy groups -OCH3 is 1. The van der Waals surface area contributed by atoms with Gasteiger partial charge >= 0.3 is 5.97 Å². The predicted octanol–water partition coefficient (Wildman–Crippen LogP) is 4.14. The molecule has 0 aliphatic carbocycles. The minimum Gasteiger partial charge on any atom is -0.496 e. The number of carbonyl (C=O) groups is 1. The highest BCUT2D eigenvalue weighted by Gasteiger charge is 2.19. The van der Waals surface area contributed by atoms with Crippen molar-refractivity contribution < 1.29 is 14.3 Å². The molecule has 2 heterocycles. The van der Waals surface area contributed by atoms with Crippen LogP contribution in [0.2, 0.25) is 0 Å². The van der Waals surface area contributed by atoms with Crippen LogP contribution >= 0.6 is 11.3 Å². The molecule has 4 nitrogen and oxygen atoms in total. The molecule has 0 saturated carbocycles. The number of ether oxygens (including phenoxy) is 2. The Hall–Kier alpha value is -2.53. The first kappa shape index (κ1) is 14.4. The quantitative estimate of drug-likeness (QED) is 0.680. The lowest BCUT2D eigenvalue weighted by molar-refractivity contribution is -0.131. The van der Waals surface area contributed by atoms with Crippen molar-refractivity contribution in [3.8, 4) is 27.6 Å². The van der Waals surface area contributed by atoms with Gasteiger partial charge in [0.05, 0.1) is 7.11 Å². The standard InChI is InChI=1S/C17H15NO3S/c1-12(19)21-17-16(18-9-5-6-10-18)14(11-22-17)13-7-3-4-8-15(13)20-2/h3-11H,1-2H3. The lowest BCUT2D eigenvalue weighted by Gasteiger charge is -2.11. The van der Waals surface area contributed by atoms with Crippen LogP contribution in [0, 0.1) is 0 Å². The molecule has 0 fully saturated rings. The van der Waals surface area contributed by atoms with Gasteiger partial charge in [0.15, 0.2) is 0 Å². The highest BCUT2D eigenvalue weighted by atomic mass is 32.1. The van der Waals surface area contributed by atoms with E-state index in [1.807, 2.05) is 58.7 Å². The molecule has 2 aromatic heterocycles. The number of hydrogen-bond donors (Lipinski definition) is 0. The van der Waals surface area contributed by atoms with Crippen LogP contribution in [0.25, 0.3) is 16.8 Å². The zero-order valence-corrected chi connectivity index (χ0v) is 13.1. The van der Waals surface area contributed by atoms with Crippen molar-refractivity contribution >= 4 is 17.3 Å². The summed E-state index contributed by atoms with van der Waals surface area (Å²) in [5, 5.41) is 2.55. The molecule has 0 aliphatic heterocycles. The molecule has 0 bridgehead atoms. The van der Waals surface area contributed by atoms with Crippen molar-refractivity contribution in [1.82, 2.24) is 4.57 Å². The average molecular weight is 313 g/mol. The summed E-state index contributed by atoms with van der Waals surface area (Å²) in [6, 6.07) is 11.7. The third kappa shape index (κ3) is 2.63. The molecule has 1 aromatic carbocycles. The van der Waals surface area contributed by atoms with Gasteiger partial charge in [-0.3, -0.25) is 4.79 Å². The Morgan fingerprint density at radius 2 is 1.82 bits per heavy atom. The van der Waals surface area contributed by atoms with E-state index in [2.05, 4.69) is 0 Å². The van der Waals surface area contributed by atoms with E-state index < -0.39 is 0 Å². The van der Waals surface area contributed by atoms with E-state index in [-0.39, 0.29) is 5.97 Å². The Morgan fingerprint density at radius 3 is 2.50 bits per heavy atom. The maximum atomic E-state index is 11.4. The Bertz CT molecular complexity index is 790. The van der Waals surface area contributed by atoms with Crippen molar-refractivity contribution in [3.05, 3.63) is 54.2 Å². The van der Waals surface area contributed by atoms with E-state index in [1.165, 1.54) is 18.3 Å². The Kier molecular flexibility index (Phi) is 3.98. The molecule has 0 aliphatic rings. The van der Waals surface area contributed by atoms with Crippen molar-refractivity contribution in [1.29, 1.82) is 0 Å². The lowest BCUT2D eigenvalue weighted by atomic mass is 10.1. The highest BCUT2D eigenvalue weighted by molar-refractivity contribution is 7.13. The van der Waals surface area contributed by atoms with Gasteiger partial charge < -0.3 is 14.0 Å². The van der Waals surface area contributed by atoms with Crippen molar-refractivity contribution in [2.45, 2.75) is 6.92 Å². The van der Waals surface area contributed by atoms with E-state index >= 15 is 0 Å². The fraction of sp³-hybridized carbons (Fsp3) is 0.118. The van der Waals surface area contributed by atoms with Gasteiger partial charge in [0.1, 0.15) is 11.4 Å². The van der Waals surface area contributed by atoms with Gasteiger partial charge in [-0.05, 0) is 18.2 Å². The summed E-state index contributed by atoms with van der Waals surface area (Å²) in [7, 11) is 1.65. The second kappa shape index (κ2) is 6.07. The second-order valence-electron chi connectivity index (χ2n) is 4.67. The van der Waals surface area contributed by atoms with Crippen LogP contribution in [0.15, 0.2) is 54.2 Å². The van der Waals surface area contributed by atoms with E-state index in [4.69, 9.17) is 9.47 Å². The molecule has 22 heavy (non-hydrogen) atoms. The summed E-state index contributed by atoms with van der Waals surface area (Å²) in [6.07, 6.45) is 3.85. The maximum Gasteiger partial charge on any atom is 0.308 e. The normalized spacial score (nSPS) is 10.5. The third-order valence-corrected chi connectivity index (χ3v) is 4.07.